The summed E-state index contributed by atoms with van der Waals surface area (Å²) < 4.78 is 0. The van der Waals surface area contributed by atoms with Crippen LogP contribution in [0.5, 0.6) is 0 Å². The summed E-state index contributed by atoms with van der Waals surface area (Å²) in [5.41, 5.74) is 0. The van der Waals surface area contributed by atoms with Gasteiger partial charge in [0.2, 0.25) is 0 Å². The summed E-state index contributed by atoms with van der Waals surface area (Å²) in [4.78, 5) is 11.5. The number of amides is 2. The largest absolute Gasteiger partial charge is 0.394 e. The van der Waals surface area contributed by atoms with Crippen LogP contribution in [0.4, 0.5) is 4.79 Å². The Balaban J connectivity index is 2.23. The third kappa shape index (κ3) is 5.02. The average molecular weight is 214 g/mol. The SMILES string of the molecule is CC(CO)NC(=O)NC1CCCCCC1. The molecule has 0 saturated heterocycles. The first-order valence-electron chi connectivity index (χ1n) is 5.90. The Kier molecular flexibility index (Phi) is 5.47. The molecule has 1 saturated carbocycles. The van der Waals surface area contributed by atoms with Crippen molar-refractivity contribution in [2.24, 2.45) is 0 Å². The second kappa shape index (κ2) is 6.67. The van der Waals surface area contributed by atoms with E-state index >= 15 is 0 Å². The molecule has 4 heteroatoms. The number of carbonyl (C=O) groups excluding carboxylic acids is 1. The van der Waals surface area contributed by atoms with Crippen molar-refractivity contribution in [3.8, 4) is 0 Å². The predicted molar refractivity (Wildman–Crippen MR) is 59.7 cm³/mol. The second-order valence-electron chi connectivity index (χ2n) is 4.39. The fraction of sp³-hybridized carbons (Fsp3) is 0.909. The van der Waals surface area contributed by atoms with Gasteiger partial charge in [-0.15, -0.1) is 0 Å². The highest BCUT2D eigenvalue weighted by molar-refractivity contribution is 5.74. The highest BCUT2D eigenvalue weighted by Gasteiger charge is 2.15. The third-order valence-corrected chi connectivity index (χ3v) is 2.84. The number of aliphatic hydroxyl groups is 1. The van der Waals surface area contributed by atoms with Crippen LogP contribution in [0.25, 0.3) is 0 Å². The molecule has 0 aromatic rings. The zero-order chi connectivity index (χ0) is 11.1. The van der Waals surface area contributed by atoms with Crippen molar-refractivity contribution in [1.82, 2.24) is 10.6 Å². The van der Waals surface area contributed by atoms with E-state index in [4.69, 9.17) is 5.11 Å². The second-order valence-corrected chi connectivity index (χ2v) is 4.39. The van der Waals surface area contributed by atoms with Crippen molar-refractivity contribution in [3.05, 3.63) is 0 Å². The van der Waals surface area contributed by atoms with Crippen LogP contribution >= 0.6 is 0 Å². The van der Waals surface area contributed by atoms with E-state index in [-0.39, 0.29) is 18.7 Å². The summed E-state index contributed by atoms with van der Waals surface area (Å²) >= 11 is 0. The van der Waals surface area contributed by atoms with E-state index in [1.807, 2.05) is 0 Å². The minimum absolute atomic E-state index is 0.0158. The van der Waals surface area contributed by atoms with Crippen molar-refractivity contribution in [3.63, 3.8) is 0 Å². The van der Waals surface area contributed by atoms with E-state index in [1.165, 1.54) is 25.7 Å². The van der Waals surface area contributed by atoms with Gasteiger partial charge < -0.3 is 15.7 Å². The Morgan fingerprint density at radius 3 is 2.47 bits per heavy atom. The topological polar surface area (TPSA) is 61.4 Å². The highest BCUT2D eigenvalue weighted by atomic mass is 16.3. The molecule has 88 valence electrons. The Morgan fingerprint density at radius 1 is 1.33 bits per heavy atom. The summed E-state index contributed by atoms with van der Waals surface area (Å²) in [7, 11) is 0. The molecule has 1 unspecified atom stereocenters. The van der Waals surface area contributed by atoms with Crippen LogP contribution in [0.1, 0.15) is 45.4 Å². The maximum absolute atomic E-state index is 11.5. The van der Waals surface area contributed by atoms with Crippen LogP contribution in [0.15, 0.2) is 0 Å². The molecule has 0 aromatic carbocycles. The van der Waals surface area contributed by atoms with Crippen molar-refractivity contribution in [2.45, 2.75) is 57.5 Å². The first-order chi connectivity index (χ1) is 7.22. The van der Waals surface area contributed by atoms with Gasteiger partial charge in [0.25, 0.3) is 0 Å². The monoisotopic (exact) mass is 214 g/mol. The molecule has 0 radical (unpaired) electrons. The average Bonchev–Trinajstić information content (AvgIpc) is 2.46. The summed E-state index contributed by atoms with van der Waals surface area (Å²) in [6, 6.07) is -0.00220. The van der Waals surface area contributed by atoms with E-state index in [0.717, 1.165) is 12.8 Å². The number of hydrogen-bond acceptors (Lipinski definition) is 2. The molecule has 1 fully saturated rings. The van der Waals surface area contributed by atoms with Crippen LogP contribution in [0.3, 0.4) is 0 Å². The molecule has 0 spiro atoms. The lowest BCUT2D eigenvalue weighted by Crippen LogP contribution is -2.46. The van der Waals surface area contributed by atoms with Crippen molar-refractivity contribution < 1.29 is 9.90 Å². The van der Waals surface area contributed by atoms with Crippen LogP contribution in [-0.4, -0.2) is 29.8 Å². The number of urea groups is 1. The van der Waals surface area contributed by atoms with E-state index in [1.54, 1.807) is 6.92 Å². The maximum atomic E-state index is 11.5. The van der Waals surface area contributed by atoms with E-state index in [2.05, 4.69) is 10.6 Å². The number of aliphatic hydroxyl groups excluding tert-OH is 1. The van der Waals surface area contributed by atoms with Crippen LogP contribution in [0.2, 0.25) is 0 Å². The molecule has 3 N–H and O–H groups in total. The molecule has 0 heterocycles. The summed E-state index contributed by atoms with van der Waals surface area (Å²) in [5, 5.41) is 14.5. The smallest absolute Gasteiger partial charge is 0.315 e. The lowest BCUT2D eigenvalue weighted by atomic mass is 10.1. The molecular weight excluding hydrogens is 192 g/mol. The van der Waals surface area contributed by atoms with E-state index in [9.17, 15) is 4.79 Å². The quantitative estimate of drug-likeness (QED) is 0.622. The molecule has 0 aliphatic heterocycles. The van der Waals surface area contributed by atoms with Gasteiger partial charge in [-0.25, -0.2) is 4.79 Å². The molecular formula is C11H22N2O2. The molecule has 4 nitrogen and oxygen atoms in total. The zero-order valence-corrected chi connectivity index (χ0v) is 9.46. The van der Waals surface area contributed by atoms with Gasteiger partial charge in [0, 0.05) is 6.04 Å². The summed E-state index contributed by atoms with van der Waals surface area (Å²) in [6.07, 6.45) is 7.16. The molecule has 1 rings (SSSR count). The van der Waals surface area contributed by atoms with Gasteiger partial charge in [0.05, 0.1) is 12.6 Å². The zero-order valence-electron chi connectivity index (χ0n) is 9.46. The molecule has 0 bridgehead atoms. The standard InChI is InChI=1S/C11H22N2O2/c1-9(8-14)12-11(15)13-10-6-4-2-3-5-7-10/h9-10,14H,2-8H2,1H3,(H2,12,13,15). The van der Waals surface area contributed by atoms with Gasteiger partial charge in [-0.2, -0.15) is 0 Å². The van der Waals surface area contributed by atoms with Gasteiger partial charge in [0.1, 0.15) is 0 Å². The lowest BCUT2D eigenvalue weighted by molar-refractivity contribution is 0.216. The summed E-state index contributed by atoms with van der Waals surface area (Å²) in [5.74, 6) is 0. The van der Waals surface area contributed by atoms with Crippen LogP contribution in [0, 0.1) is 0 Å². The number of hydrogen-bond donors (Lipinski definition) is 3. The van der Waals surface area contributed by atoms with Gasteiger partial charge in [0.15, 0.2) is 0 Å². The Morgan fingerprint density at radius 2 is 1.93 bits per heavy atom. The van der Waals surface area contributed by atoms with Crippen LogP contribution < -0.4 is 10.6 Å². The first kappa shape index (κ1) is 12.3. The fourth-order valence-corrected chi connectivity index (χ4v) is 1.92. The van der Waals surface area contributed by atoms with Gasteiger partial charge >= 0.3 is 6.03 Å². The molecule has 1 aliphatic carbocycles. The maximum Gasteiger partial charge on any atom is 0.315 e. The van der Waals surface area contributed by atoms with Gasteiger partial charge in [-0.3, -0.25) is 0 Å². The van der Waals surface area contributed by atoms with Gasteiger partial charge in [-0.1, -0.05) is 25.7 Å². The molecule has 1 aliphatic rings. The van der Waals surface area contributed by atoms with E-state index in [0.29, 0.717) is 6.04 Å². The highest BCUT2D eigenvalue weighted by Crippen LogP contribution is 2.16. The van der Waals surface area contributed by atoms with Crippen molar-refractivity contribution in [1.29, 1.82) is 0 Å². The Hall–Kier alpha value is -0.770. The van der Waals surface area contributed by atoms with Crippen LogP contribution in [-0.2, 0) is 0 Å². The first-order valence-corrected chi connectivity index (χ1v) is 5.90. The number of nitrogens with one attached hydrogen (secondary N) is 2. The number of rotatable bonds is 3. The minimum Gasteiger partial charge on any atom is -0.394 e. The molecule has 1 atom stereocenters. The third-order valence-electron chi connectivity index (χ3n) is 2.84. The molecule has 0 aromatic heterocycles. The minimum atomic E-state index is -0.171. The normalized spacial score (nSPS) is 20.4. The Bertz CT molecular complexity index is 189. The van der Waals surface area contributed by atoms with E-state index < -0.39 is 0 Å². The van der Waals surface area contributed by atoms with Crippen molar-refractivity contribution >= 4 is 6.03 Å². The lowest BCUT2D eigenvalue weighted by Gasteiger charge is -2.18. The van der Waals surface area contributed by atoms with Crippen molar-refractivity contribution in [2.75, 3.05) is 6.61 Å². The Labute approximate surface area is 91.4 Å². The fourth-order valence-electron chi connectivity index (χ4n) is 1.92. The number of carbonyl (C=O) groups is 1. The summed E-state index contributed by atoms with van der Waals surface area (Å²) in [6.45, 7) is 1.77. The van der Waals surface area contributed by atoms with Gasteiger partial charge in [-0.05, 0) is 19.8 Å². The predicted octanol–water partition coefficient (Wildman–Crippen LogP) is 1.39. The molecule has 2 amide bonds. The molecule has 15 heavy (non-hydrogen) atoms.